The SMILES string of the molecule is NC(=S)NC(=O)Cc1cccc(-n2cccc2)c1. The number of thiocarbonyl (C=S) groups is 1. The van der Waals surface area contributed by atoms with Gasteiger partial charge in [0.15, 0.2) is 5.11 Å². The molecule has 1 amide bonds. The van der Waals surface area contributed by atoms with Crippen LogP contribution in [-0.4, -0.2) is 15.6 Å². The van der Waals surface area contributed by atoms with E-state index in [4.69, 9.17) is 5.73 Å². The number of hydrogen-bond donors (Lipinski definition) is 2. The maximum atomic E-state index is 11.5. The van der Waals surface area contributed by atoms with E-state index < -0.39 is 0 Å². The number of nitrogens with two attached hydrogens (primary N) is 1. The Kier molecular flexibility index (Phi) is 3.74. The largest absolute Gasteiger partial charge is 0.376 e. The summed E-state index contributed by atoms with van der Waals surface area (Å²) < 4.78 is 1.98. The molecule has 1 aromatic carbocycles. The van der Waals surface area contributed by atoms with Gasteiger partial charge in [0.1, 0.15) is 0 Å². The second kappa shape index (κ2) is 5.46. The van der Waals surface area contributed by atoms with Gasteiger partial charge in [-0.1, -0.05) is 12.1 Å². The van der Waals surface area contributed by atoms with Crippen molar-refractivity contribution in [1.29, 1.82) is 0 Å². The summed E-state index contributed by atoms with van der Waals surface area (Å²) in [6.45, 7) is 0. The maximum Gasteiger partial charge on any atom is 0.230 e. The third kappa shape index (κ3) is 3.18. The van der Waals surface area contributed by atoms with Gasteiger partial charge in [0.05, 0.1) is 6.42 Å². The first-order valence-corrected chi connectivity index (χ1v) is 5.87. The smallest absolute Gasteiger partial charge is 0.230 e. The summed E-state index contributed by atoms with van der Waals surface area (Å²) in [5.74, 6) is -0.202. The van der Waals surface area contributed by atoms with Crippen molar-refractivity contribution in [3.63, 3.8) is 0 Å². The number of hydrogen-bond acceptors (Lipinski definition) is 2. The van der Waals surface area contributed by atoms with Gasteiger partial charge in [0.25, 0.3) is 0 Å². The molecule has 0 aliphatic carbocycles. The summed E-state index contributed by atoms with van der Waals surface area (Å²) in [6.07, 6.45) is 4.16. The first-order chi connectivity index (χ1) is 8.65. The molecule has 0 spiro atoms. The first kappa shape index (κ1) is 12.3. The van der Waals surface area contributed by atoms with Gasteiger partial charge in [-0.05, 0) is 42.0 Å². The number of nitrogens with zero attached hydrogens (tertiary/aromatic N) is 1. The van der Waals surface area contributed by atoms with Crippen molar-refractivity contribution in [2.75, 3.05) is 0 Å². The van der Waals surface area contributed by atoms with Crippen LogP contribution in [0.4, 0.5) is 0 Å². The van der Waals surface area contributed by atoms with E-state index in [1.165, 1.54) is 0 Å². The number of rotatable bonds is 3. The topological polar surface area (TPSA) is 60.0 Å². The molecular formula is C13H13N3OS. The quantitative estimate of drug-likeness (QED) is 0.819. The van der Waals surface area contributed by atoms with Crippen LogP contribution in [0.5, 0.6) is 0 Å². The molecule has 0 atom stereocenters. The van der Waals surface area contributed by atoms with Crippen molar-refractivity contribution >= 4 is 23.2 Å². The number of nitrogens with one attached hydrogen (secondary N) is 1. The van der Waals surface area contributed by atoms with E-state index in [0.717, 1.165) is 11.3 Å². The van der Waals surface area contributed by atoms with Crippen LogP contribution in [0.1, 0.15) is 5.56 Å². The van der Waals surface area contributed by atoms with Crippen molar-refractivity contribution < 1.29 is 4.79 Å². The molecule has 92 valence electrons. The second-order valence-corrected chi connectivity index (χ2v) is 4.29. The van der Waals surface area contributed by atoms with Crippen LogP contribution in [0.15, 0.2) is 48.8 Å². The van der Waals surface area contributed by atoms with Gasteiger partial charge in [-0.15, -0.1) is 0 Å². The zero-order valence-corrected chi connectivity index (χ0v) is 10.5. The van der Waals surface area contributed by atoms with E-state index in [1.54, 1.807) is 0 Å². The van der Waals surface area contributed by atoms with Gasteiger partial charge in [-0.25, -0.2) is 0 Å². The molecule has 0 aliphatic rings. The van der Waals surface area contributed by atoms with Gasteiger partial charge in [0.2, 0.25) is 5.91 Å². The normalized spacial score (nSPS) is 10.0. The molecule has 5 heteroatoms. The van der Waals surface area contributed by atoms with Gasteiger partial charge in [0, 0.05) is 18.1 Å². The third-order valence-corrected chi connectivity index (χ3v) is 2.54. The van der Waals surface area contributed by atoms with Crippen LogP contribution in [-0.2, 0) is 11.2 Å². The van der Waals surface area contributed by atoms with Crippen LogP contribution in [0.25, 0.3) is 5.69 Å². The standard InChI is InChI=1S/C13H13N3OS/c14-13(18)15-12(17)9-10-4-3-5-11(8-10)16-6-1-2-7-16/h1-8H,9H2,(H3,14,15,17,18). The van der Waals surface area contributed by atoms with Crippen LogP contribution >= 0.6 is 12.2 Å². The van der Waals surface area contributed by atoms with Crippen molar-refractivity contribution in [2.45, 2.75) is 6.42 Å². The molecule has 1 aromatic heterocycles. The van der Waals surface area contributed by atoms with Crippen molar-refractivity contribution in [2.24, 2.45) is 5.73 Å². The minimum atomic E-state index is -0.202. The third-order valence-electron chi connectivity index (χ3n) is 2.44. The highest BCUT2D eigenvalue weighted by Gasteiger charge is 2.05. The molecule has 3 N–H and O–H groups in total. The molecule has 4 nitrogen and oxygen atoms in total. The number of carbonyl (C=O) groups excluding carboxylic acids is 1. The Hall–Kier alpha value is -2.14. The lowest BCUT2D eigenvalue weighted by atomic mass is 10.1. The highest BCUT2D eigenvalue weighted by Crippen LogP contribution is 2.11. The van der Waals surface area contributed by atoms with E-state index in [9.17, 15) is 4.79 Å². The molecule has 1 heterocycles. The Morgan fingerprint density at radius 1 is 1.28 bits per heavy atom. The number of carbonyl (C=O) groups is 1. The number of benzene rings is 1. The summed E-state index contributed by atoms with van der Waals surface area (Å²) in [5.41, 5.74) is 7.18. The Morgan fingerprint density at radius 3 is 2.67 bits per heavy atom. The maximum absolute atomic E-state index is 11.5. The van der Waals surface area contributed by atoms with Gasteiger partial charge in [-0.3, -0.25) is 4.79 Å². The zero-order valence-electron chi connectivity index (χ0n) is 9.67. The van der Waals surface area contributed by atoms with E-state index in [1.807, 2.05) is 53.4 Å². The molecule has 18 heavy (non-hydrogen) atoms. The van der Waals surface area contributed by atoms with Gasteiger partial charge in [-0.2, -0.15) is 0 Å². The van der Waals surface area contributed by atoms with Crippen molar-refractivity contribution in [3.05, 3.63) is 54.4 Å². The Labute approximate surface area is 110 Å². The Balaban J connectivity index is 2.13. The molecule has 2 aromatic rings. The summed E-state index contributed by atoms with van der Waals surface area (Å²) in [6, 6.07) is 11.7. The average Bonchev–Trinajstić information content (AvgIpc) is 2.81. The summed E-state index contributed by atoms with van der Waals surface area (Å²) in [5, 5.41) is 2.41. The fourth-order valence-corrected chi connectivity index (χ4v) is 1.81. The lowest BCUT2D eigenvalue weighted by molar-refractivity contribution is -0.119. The fraction of sp³-hybridized carbons (Fsp3) is 0.0769. The highest BCUT2D eigenvalue weighted by molar-refractivity contribution is 7.80. The van der Waals surface area contributed by atoms with Crippen LogP contribution in [0, 0.1) is 0 Å². The summed E-state index contributed by atoms with van der Waals surface area (Å²) in [7, 11) is 0. The number of aromatic nitrogens is 1. The molecule has 0 radical (unpaired) electrons. The fourth-order valence-electron chi connectivity index (χ4n) is 1.70. The van der Waals surface area contributed by atoms with Crippen molar-refractivity contribution in [1.82, 2.24) is 9.88 Å². The lowest BCUT2D eigenvalue weighted by Crippen LogP contribution is -2.35. The summed E-state index contributed by atoms with van der Waals surface area (Å²) >= 11 is 4.62. The van der Waals surface area contributed by atoms with Gasteiger partial charge >= 0.3 is 0 Å². The molecule has 0 aliphatic heterocycles. The zero-order chi connectivity index (χ0) is 13.0. The van der Waals surface area contributed by atoms with E-state index in [2.05, 4.69) is 17.5 Å². The van der Waals surface area contributed by atoms with Crippen LogP contribution < -0.4 is 11.1 Å². The van der Waals surface area contributed by atoms with E-state index >= 15 is 0 Å². The monoisotopic (exact) mass is 259 g/mol. The predicted molar refractivity (Wildman–Crippen MR) is 74.4 cm³/mol. The molecule has 0 fully saturated rings. The first-order valence-electron chi connectivity index (χ1n) is 5.47. The minimum absolute atomic E-state index is 0.00145. The highest BCUT2D eigenvalue weighted by atomic mass is 32.1. The summed E-state index contributed by atoms with van der Waals surface area (Å²) in [4.78, 5) is 11.5. The Bertz CT molecular complexity index is 563. The van der Waals surface area contributed by atoms with Crippen molar-refractivity contribution in [3.8, 4) is 5.69 Å². The van der Waals surface area contributed by atoms with Crippen LogP contribution in [0.2, 0.25) is 0 Å². The van der Waals surface area contributed by atoms with Gasteiger partial charge < -0.3 is 15.6 Å². The van der Waals surface area contributed by atoms with Crippen LogP contribution in [0.3, 0.4) is 0 Å². The predicted octanol–water partition coefficient (Wildman–Crippen LogP) is 1.38. The second-order valence-electron chi connectivity index (χ2n) is 3.85. The molecule has 0 unspecified atom stereocenters. The minimum Gasteiger partial charge on any atom is -0.376 e. The lowest BCUT2D eigenvalue weighted by Gasteiger charge is -2.06. The average molecular weight is 259 g/mol. The molecule has 2 rings (SSSR count). The van der Waals surface area contributed by atoms with E-state index in [0.29, 0.717) is 0 Å². The van der Waals surface area contributed by atoms with E-state index in [-0.39, 0.29) is 17.4 Å². The molecular weight excluding hydrogens is 246 g/mol. The Morgan fingerprint density at radius 2 is 2.00 bits per heavy atom. The number of amides is 1. The molecule has 0 saturated heterocycles. The molecule has 0 bridgehead atoms. The molecule has 0 saturated carbocycles.